The van der Waals surface area contributed by atoms with Crippen molar-refractivity contribution in [2.24, 2.45) is 0 Å². The van der Waals surface area contributed by atoms with Crippen molar-refractivity contribution < 1.29 is 24.2 Å². The van der Waals surface area contributed by atoms with Gasteiger partial charge >= 0.3 is 6.09 Å². The van der Waals surface area contributed by atoms with Crippen molar-refractivity contribution in [1.82, 2.24) is 10.6 Å². The number of carboxylic acids is 1. The molecule has 0 saturated carbocycles. The van der Waals surface area contributed by atoms with Crippen molar-refractivity contribution in [1.29, 1.82) is 0 Å². The van der Waals surface area contributed by atoms with E-state index in [2.05, 4.69) is 10.6 Å². The van der Waals surface area contributed by atoms with Gasteiger partial charge < -0.3 is 25.3 Å². The summed E-state index contributed by atoms with van der Waals surface area (Å²) in [6.45, 7) is 6.53. The molecule has 1 aromatic carbocycles. The van der Waals surface area contributed by atoms with Crippen LogP contribution in [0.3, 0.4) is 0 Å². The van der Waals surface area contributed by atoms with Crippen LogP contribution in [0.5, 0.6) is 0 Å². The van der Waals surface area contributed by atoms with Crippen LogP contribution in [0.4, 0.5) is 4.79 Å². The molecule has 0 aliphatic heterocycles. The highest BCUT2D eigenvalue weighted by molar-refractivity contribution is 5.88. The van der Waals surface area contributed by atoms with Gasteiger partial charge in [-0.2, -0.15) is 0 Å². The number of alkyl carbamates (subject to hydrolysis) is 1. The molecule has 2 atom stereocenters. The Hall–Kier alpha value is -2.57. The number of ether oxygens (including phenoxy) is 1. The van der Waals surface area contributed by atoms with Crippen molar-refractivity contribution in [2.45, 2.75) is 51.8 Å². The Kier molecular flexibility index (Phi) is 6.76. The maximum Gasteiger partial charge on any atom is 0.408 e. The van der Waals surface area contributed by atoms with Crippen molar-refractivity contribution in [3.8, 4) is 0 Å². The van der Waals surface area contributed by atoms with E-state index in [0.29, 0.717) is 0 Å². The lowest BCUT2D eigenvalue weighted by atomic mass is 10.1. The summed E-state index contributed by atoms with van der Waals surface area (Å²) in [5, 5.41) is 16.0. The second-order valence-corrected chi connectivity index (χ2v) is 6.44. The maximum absolute atomic E-state index is 12.1. The fourth-order valence-corrected chi connectivity index (χ4v) is 1.89. The smallest absolute Gasteiger partial charge is 0.408 e. The Bertz CT molecular complexity index is 580. The van der Waals surface area contributed by atoms with E-state index in [0.717, 1.165) is 5.56 Å². The molecular weight excluding hydrogens is 312 g/mol. The number of hydrogen-bond acceptors (Lipinski definition) is 5. The van der Waals surface area contributed by atoms with Crippen LogP contribution in [0.25, 0.3) is 0 Å². The quantitative estimate of drug-likeness (QED) is 0.781. The molecule has 24 heavy (non-hydrogen) atoms. The first-order valence-corrected chi connectivity index (χ1v) is 7.63. The van der Waals surface area contributed by atoms with Crippen LogP contribution < -0.4 is 15.7 Å². The highest BCUT2D eigenvalue weighted by Gasteiger charge is 2.23. The molecule has 0 aliphatic carbocycles. The first kappa shape index (κ1) is 19.5. The fourth-order valence-electron chi connectivity index (χ4n) is 1.89. The van der Waals surface area contributed by atoms with E-state index in [9.17, 15) is 19.5 Å². The van der Waals surface area contributed by atoms with Crippen LogP contribution in [-0.2, 0) is 20.7 Å². The van der Waals surface area contributed by atoms with Gasteiger partial charge in [0.05, 0.1) is 12.0 Å². The second kappa shape index (κ2) is 8.33. The summed E-state index contributed by atoms with van der Waals surface area (Å²) >= 11 is 0. The van der Waals surface area contributed by atoms with Crippen LogP contribution >= 0.6 is 0 Å². The minimum Gasteiger partial charge on any atom is -0.548 e. The SMILES string of the molecule is C[C@@H](NC(=O)OC(C)(C)C)C(=O)N[C@H](Cc1ccccc1)C(=O)[O-]. The van der Waals surface area contributed by atoms with E-state index in [1.54, 1.807) is 45.0 Å². The summed E-state index contributed by atoms with van der Waals surface area (Å²) in [4.78, 5) is 35.0. The van der Waals surface area contributed by atoms with Crippen LogP contribution in [0.2, 0.25) is 0 Å². The molecule has 0 aliphatic rings. The highest BCUT2D eigenvalue weighted by atomic mass is 16.6. The normalized spacial score (nSPS) is 13.5. The number of amides is 2. The molecular formula is C17H23N2O5-. The average Bonchev–Trinajstić information content (AvgIpc) is 2.45. The number of rotatable bonds is 6. The van der Waals surface area contributed by atoms with Gasteiger partial charge in [-0.1, -0.05) is 30.3 Å². The maximum atomic E-state index is 12.1. The van der Waals surface area contributed by atoms with Crippen molar-refractivity contribution >= 4 is 18.0 Å². The average molecular weight is 335 g/mol. The standard InChI is InChI=1S/C17H24N2O5/c1-11(18-16(23)24-17(2,3)4)14(20)19-13(15(21)22)10-12-8-6-5-7-9-12/h5-9,11,13H,10H2,1-4H3,(H,18,23)(H,19,20)(H,21,22)/p-1/t11-,13-/m1/s1. The summed E-state index contributed by atoms with van der Waals surface area (Å²) in [5.41, 5.74) is 0.0564. The third-order valence-corrected chi connectivity index (χ3v) is 3.01. The monoisotopic (exact) mass is 335 g/mol. The zero-order chi connectivity index (χ0) is 18.3. The molecule has 2 N–H and O–H groups in total. The molecule has 0 heterocycles. The number of hydrogen-bond donors (Lipinski definition) is 2. The van der Waals surface area contributed by atoms with Gasteiger partial charge in [-0.3, -0.25) is 4.79 Å². The number of carbonyl (C=O) groups excluding carboxylic acids is 3. The van der Waals surface area contributed by atoms with E-state index in [1.807, 2.05) is 6.07 Å². The van der Waals surface area contributed by atoms with E-state index < -0.39 is 35.7 Å². The van der Waals surface area contributed by atoms with Crippen molar-refractivity contribution in [3.05, 3.63) is 35.9 Å². The van der Waals surface area contributed by atoms with Gasteiger partial charge in [0.25, 0.3) is 0 Å². The number of carboxylic acid groups (broad SMARTS) is 1. The largest absolute Gasteiger partial charge is 0.548 e. The predicted octanol–water partition coefficient (Wildman–Crippen LogP) is 0.377. The molecule has 132 valence electrons. The molecule has 2 amide bonds. The Labute approximate surface area is 141 Å². The lowest BCUT2D eigenvalue weighted by molar-refractivity contribution is -0.308. The second-order valence-electron chi connectivity index (χ2n) is 6.44. The number of carbonyl (C=O) groups is 3. The summed E-state index contributed by atoms with van der Waals surface area (Å²) in [6.07, 6.45) is -0.660. The molecule has 0 saturated heterocycles. The predicted molar refractivity (Wildman–Crippen MR) is 85.9 cm³/mol. The van der Waals surface area contributed by atoms with Gasteiger partial charge in [0.15, 0.2) is 0 Å². The minimum atomic E-state index is -1.39. The van der Waals surface area contributed by atoms with Gasteiger partial charge in [-0.05, 0) is 39.7 Å². The number of benzene rings is 1. The molecule has 1 rings (SSSR count). The first-order valence-electron chi connectivity index (χ1n) is 7.63. The Morgan fingerprint density at radius 3 is 2.21 bits per heavy atom. The molecule has 0 radical (unpaired) electrons. The van der Waals surface area contributed by atoms with Gasteiger partial charge in [-0.25, -0.2) is 4.79 Å². The lowest BCUT2D eigenvalue weighted by Crippen LogP contribution is -2.54. The zero-order valence-corrected chi connectivity index (χ0v) is 14.3. The van der Waals surface area contributed by atoms with Gasteiger partial charge in [0, 0.05) is 0 Å². The fraction of sp³-hybridized carbons (Fsp3) is 0.471. The zero-order valence-electron chi connectivity index (χ0n) is 14.3. The van der Waals surface area contributed by atoms with E-state index in [-0.39, 0.29) is 6.42 Å². The Morgan fingerprint density at radius 2 is 1.71 bits per heavy atom. The number of aliphatic carboxylic acids is 1. The first-order chi connectivity index (χ1) is 11.1. The summed E-state index contributed by atoms with van der Waals surface area (Å²) in [6, 6.07) is 6.73. The van der Waals surface area contributed by atoms with Gasteiger partial charge in [0.2, 0.25) is 5.91 Å². The molecule has 0 aromatic heterocycles. The third kappa shape index (κ3) is 7.13. The molecule has 1 aromatic rings. The van der Waals surface area contributed by atoms with E-state index in [1.165, 1.54) is 6.92 Å². The van der Waals surface area contributed by atoms with Crippen molar-refractivity contribution in [2.75, 3.05) is 0 Å². The number of nitrogens with one attached hydrogen (secondary N) is 2. The molecule has 0 spiro atoms. The summed E-state index contributed by atoms with van der Waals surface area (Å²) in [5.74, 6) is -2.03. The van der Waals surface area contributed by atoms with Gasteiger partial charge in [0.1, 0.15) is 11.6 Å². The van der Waals surface area contributed by atoms with Crippen LogP contribution in [0.1, 0.15) is 33.3 Å². The van der Waals surface area contributed by atoms with Crippen LogP contribution in [0.15, 0.2) is 30.3 Å². The van der Waals surface area contributed by atoms with E-state index >= 15 is 0 Å². The van der Waals surface area contributed by atoms with Gasteiger partial charge in [-0.15, -0.1) is 0 Å². The van der Waals surface area contributed by atoms with E-state index in [4.69, 9.17) is 4.74 Å². The Morgan fingerprint density at radius 1 is 1.12 bits per heavy atom. The van der Waals surface area contributed by atoms with Crippen molar-refractivity contribution in [3.63, 3.8) is 0 Å². The molecule has 7 nitrogen and oxygen atoms in total. The topological polar surface area (TPSA) is 108 Å². The lowest BCUT2D eigenvalue weighted by Gasteiger charge is -2.24. The minimum absolute atomic E-state index is 0.0913. The Balaban J connectivity index is 2.61. The molecule has 0 bridgehead atoms. The van der Waals surface area contributed by atoms with Crippen LogP contribution in [0, 0.1) is 0 Å². The highest BCUT2D eigenvalue weighted by Crippen LogP contribution is 2.07. The molecule has 0 unspecified atom stereocenters. The third-order valence-electron chi connectivity index (χ3n) is 3.01. The molecule has 0 fully saturated rings. The summed E-state index contributed by atoms with van der Waals surface area (Å²) < 4.78 is 5.05. The van der Waals surface area contributed by atoms with Crippen LogP contribution in [-0.4, -0.2) is 35.7 Å². The molecule has 7 heteroatoms. The summed E-state index contributed by atoms with van der Waals surface area (Å²) in [7, 11) is 0.